The summed E-state index contributed by atoms with van der Waals surface area (Å²) in [5.41, 5.74) is 0.0850. The van der Waals surface area contributed by atoms with Gasteiger partial charge >= 0.3 is 12.1 Å². The molecule has 0 aliphatic carbocycles. The maximum Gasteiger partial charge on any atom is 0.416 e. The van der Waals surface area contributed by atoms with Gasteiger partial charge < -0.3 is 9.15 Å². The van der Waals surface area contributed by atoms with Crippen LogP contribution in [-0.4, -0.2) is 11.9 Å². The van der Waals surface area contributed by atoms with Crippen molar-refractivity contribution in [2.24, 2.45) is 4.99 Å². The summed E-state index contributed by atoms with van der Waals surface area (Å²) >= 11 is 5.84. The van der Waals surface area contributed by atoms with E-state index in [1.54, 1.807) is 24.3 Å². The maximum atomic E-state index is 12.9. The second kappa shape index (κ2) is 7.25. The van der Waals surface area contributed by atoms with E-state index in [-0.39, 0.29) is 28.7 Å². The topological polar surface area (TPSA) is 51.8 Å². The lowest BCUT2D eigenvalue weighted by atomic mass is 10.1. The predicted octanol–water partition coefficient (Wildman–Crippen LogP) is 5.96. The highest BCUT2D eigenvalue weighted by Crippen LogP contribution is 2.33. The van der Waals surface area contributed by atoms with Gasteiger partial charge in [-0.05, 0) is 48.5 Å². The number of ether oxygens (including phenoxy) is 1. The zero-order valence-electron chi connectivity index (χ0n) is 14.5. The third-order valence-electron chi connectivity index (χ3n) is 4.09. The molecule has 0 saturated heterocycles. The van der Waals surface area contributed by atoms with Crippen molar-refractivity contribution in [3.05, 3.63) is 88.3 Å². The standard InChI is InChI=1S/C21H11ClF3NO3/c22-15-6-4-12(5-7-15)19-26-17(20(27)29-19)11-16-8-9-18(28-16)13-2-1-3-14(10-13)21(23,24)25/h1-11H/b17-11+. The van der Waals surface area contributed by atoms with E-state index in [1.807, 2.05) is 0 Å². The minimum absolute atomic E-state index is 0.0138. The molecule has 29 heavy (non-hydrogen) atoms. The Morgan fingerprint density at radius 2 is 1.72 bits per heavy atom. The van der Waals surface area contributed by atoms with Crippen LogP contribution >= 0.6 is 11.6 Å². The Morgan fingerprint density at radius 3 is 2.45 bits per heavy atom. The summed E-state index contributed by atoms with van der Waals surface area (Å²) in [5.74, 6) is -0.0452. The number of esters is 1. The zero-order chi connectivity index (χ0) is 20.6. The summed E-state index contributed by atoms with van der Waals surface area (Å²) in [4.78, 5) is 16.2. The molecular formula is C21H11ClF3NO3. The van der Waals surface area contributed by atoms with Crippen molar-refractivity contribution in [1.29, 1.82) is 0 Å². The smallest absolute Gasteiger partial charge is 0.416 e. The molecule has 0 N–H and O–H groups in total. The van der Waals surface area contributed by atoms with E-state index in [9.17, 15) is 18.0 Å². The van der Waals surface area contributed by atoms with Gasteiger partial charge in [-0.1, -0.05) is 23.7 Å². The first-order valence-electron chi connectivity index (χ1n) is 8.35. The number of halogens is 4. The summed E-state index contributed by atoms with van der Waals surface area (Å²) in [6.07, 6.45) is -3.09. The number of furan rings is 1. The summed E-state index contributed by atoms with van der Waals surface area (Å²) in [7, 11) is 0. The van der Waals surface area contributed by atoms with Gasteiger partial charge in [0.1, 0.15) is 11.5 Å². The molecule has 1 aromatic heterocycles. The molecule has 146 valence electrons. The van der Waals surface area contributed by atoms with E-state index in [0.29, 0.717) is 10.6 Å². The van der Waals surface area contributed by atoms with Crippen LogP contribution in [0.15, 0.2) is 75.8 Å². The Labute approximate surface area is 167 Å². The van der Waals surface area contributed by atoms with Gasteiger partial charge in [0.2, 0.25) is 5.90 Å². The number of rotatable bonds is 3. The van der Waals surface area contributed by atoms with E-state index < -0.39 is 17.7 Å². The minimum atomic E-state index is -4.45. The minimum Gasteiger partial charge on any atom is -0.457 e. The molecule has 4 nitrogen and oxygen atoms in total. The molecule has 0 spiro atoms. The number of benzene rings is 2. The average molecular weight is 418 g/mol. The number of nitrogens with zero attached hydrogens (tertiary/aromatic N) is 1. The number of carbonyl (C=O) groups is 1. The van der Waals surface area contributed by atoms with Crippen molar-refractivity contribution in [3.8, 4) is 11.3 Å². The second-order valence-corrected chi connectivity index (χ2v) is 6.56. The molecular weight excluding hydrogens is 407 g/mol. The van der Waals surface area contributed by atoms with Gasteiger partial charge in [0, 0.05) is 22.2 Å². The third kappa shape index (κ3) is 4.09. The Balaban J connectivity index is 1.61. The van der Waals surface area contributed by atoms with Gasteiger partial charge in [0.15, 0.2) is 5.70 Å². The molecule has 2 aromatic carbocycles. The van der Waals surface area contributed by atoms with Crippen LogP contribution in [0, 0.1) is 0 Å². The third-order valence-corrected chi connectivity index (χ3v) is 4.34. The molecule has 8 heteroatoms. The molecule has 2 heterocycles. The maximum absolute atomic E-state index is 12.9. The number of hydrogen-bond acceptors (Lipinski definition) is 4. The van der Waals surface area contributed by atoms with Crippen molar-refractivity contribution in [2.45, 2.75) is 6.18 Å². The Hall–Kier alpha value is -3.32. The van der Waals surface area contributed by atoms with Crippen molar-refractivity contribution in [3.63, 3.8) is 0 Å². The highest BCUT2D eigenvalue weighted by molar-refractivity contribution is 6.30. The summed E-state index contributed by atoms with van der Waals surface area (Å²) < 4.78 is 49.4. The predicted molar refractivity (Wildman–Crippen MR) is 101 cm³/mol. The van der Waals surface area contributed by atoms with E-state index in [4.69, 9.17) is 20.8 Å². The van der Waals surface area contributed by atoms with E-state index in [0.717, 1.165) is 12.1 Å². The lowest BCUT2D eigenvalue weighted by Gasteiger charge is -2.07. The Kier molecular flexibility index (Phi) is 4.76. The van der Waals surface area contributed by atoms with Crippen LogP contribution in [0.25, 0.3) is 17.4 Å². The second-order valence-electron chi connectivity index (χ2n) is 6.12. The van der Waals surface area contributed by atoms with Gasteiger partial charge in [-0.25, -0.2) is 9.79 Å². The number of carbonyl (C=O) groups excluding carboxylic acids is 1. The summed E-state index contributed by atoms with van der Waals surface area (Å²) in [6.45, 7) is 0. The number of aliphatic imine (C=N–C) groups is 1. The average Bonchev–Trinajstić information content (AvgIpc) is 3.29. The van der Waals surface area contributed by atoms with Gasteiger partial charge in [-0.2, -0.15) is 13.2 Å². The van der Waals surface area contributed by atoms with Crippen molar-refractivity contribution < 1.29 is 27.1 Å². The molecule has 3 aromatic rings. The fraction of sp³-hybridized carbons (Fsp3) is 0.0476. The first-order valence-corrected chi connectivity index (χ1v) is 8.73. The molecule has 4 rings (SSSR count). The van der Waals surface area contributed by atoms with E-state index >= 15 is 0 Å². The monoisotopic (exact) mass is 417 g/mol. The fourth-order valence-electron chi connectivity index (χ4n) is 2.69. The SMILES string of the molecule is O=C1OC(c2ccc(Cl)cc2)=N/C1=C/c1ccc(-c2cccc(C(F)(F)F)c2)o1. The zero-order valence-corrected chi connectivity index (χ0v) is 15.3. The van der Waals surface area contributed by atoms with Crippen LogP contribution in [0.5, 0.6) is 0 Å². The van der Waals surface area contributed by atoms with E-state index in [1.165, 1.54) is 30.3 Å². The van der Waals surface area contributed by atoms with Crippen LogP contribution in [0.2, 0.25) is 5.02 Å². The van der Waals surface area contributed by atoms with Gasteiger partial charge in [-0.3, -0.25) is 0 Å². The van der Waals surface area contributed by atoms with Crippen molar-refractivity contribution >= 4 is 29.5 Å². The molecule has 0 unspecified atom stereocenters. The first-order chi connectivity index (χ1) is 13.8. The molecule has 0 radical (unpaired) electrons. The molecule has 0 bridgehead atoms. The normalized spacial score (nSPS) is 15.5. The van der Waals surface area contributed by atoms with Crippen molar-refractivity contribution in [1.82, 2.24) is 0 Å². The van der Waals surface area contributed by atoms with Gasteiger partial charge in [0.25, 0.3) is 0 Å². The first kappa shape index (κ1) is 19.0. The summed E-state index contributed by atoms with van der Waals surface area (Å²) in [5, 5.41) is 0.534. The highest BCUT2D eigenvalue weighted by atomic mass is 35.5. The van der Waals surface area contributed by atoms with Crippen LogP contribution in [0.1, 0.15) is 16.9 Å². The quantitative estimate of drug-likeness (QED) is 0.390. The molecule has 0 atom stereocenters. The number of alkyl halides is 3. The molecule has 1 aliphatic heterocycles. The van der Waals surface area contributed by atoms with Gasteiger partial charge in [0.05, 0.1) is 5.56 Å². The highest BCUT2D eigenvalue weighted by Gasteiger charge is 2.30. The van der Waals surface area contributed by atoms with Crippen LogP contribution in [0.4, 0.5) is 13.2 Å². The lowest BCUT2D eigenvalue weighted by molar-refractivity contribution is -0.137. The number of hydrogen-bond donors (Lipinski definition) is 0. The van der Waals surface area contributed by atoms with Gasteiger partial charge in [-0.15, -0.1) is 0 Å². The lowest BCUT2D eigenvalue weighted by Crippen LogP contribution is -2.05. The van der Waals surface area contributed by atoms with Crippen LogP contribution < -0.4 is 0 Å². The van der Waals surface area contributed by atoms with Crippen LogP contribution in [0.3, 0.4) is 0 Å². The largest absolute Gasteiger partial charge is 0.457 e. The summed E-state index contributed by atoms with van der Waals surface area (Å²) in [6, 6.07) is 14.4. The van der Waals surface area contributed by atoms with Crippen molar-refractivity contribution in [2.75, 3.05) is 0 Å². The van der Waals surface area contributed by atoms with Crippen LogP contribution in [-0.2, 0) is 15.7 Å². The Morgan fingerprint density at radius 1 is 0.966 bits per heavy atom. The molecule has 0 fully saturated rings. The molecule has 0 amide bonds. The number of cyclic esters (lactones) is 1. The molecule has 0 saturated carbocycles. The fourth-order valence-corrected chi connectivity index (χ4v) is 2.82. The van der Waals surface area contributed by atoms with E-state index in [2.05, 4.69) is 4.99 Å². The Bertz CT molecular complexity index is 1140. The molecule has 1 aliphatic rings.